The van der Waals surface area contributed by atoms with Crippen molar-refractivity contribution in [3.8, 4) is 0 Å². The summed E-state index contributed by atoms with van der Waals surface area (Å²) in [6.07, 6.45) is 9.45. The highest BCUT2D eigenvalue weighted by molar-refractivity contribution is 6.07. The standard InChI is InChI=1S/C21H37N3O2/c1-4-23-19(25)21(24(20(23)26)13-10-17(2)3)11-14-22(15-12-21)16-18-8-6-5-7-9-18/h17-18H,4-16H2,1-3H3. The minimum atomic E-state index is -0.564. The topological polar surface area (TPSA) is 43.9 Å². The van der Waals surface area contributed by atoms with E-state index in [0.717, 1.165) is 38.3 Å². The summed E-state index contributed by atoms with van der Waals surface area (Å²) in [7, 11) is 0. The number of carbonyl (C=O) groups excluding carboxylic acids is 2. The summed E-state index contributed by atoms with van der Waals surface area (Å²) in [6.45, 7) is 10.6. The Morgan fingerprint density at radius 2 is 1.73 bits per heavy atom. The number of carbonyl (C=O) groups is 2. The number of imide groups is 1. The van der Waals surface area contributed by atoms with E-state index in [9.17, 15) is 9.59 Å². The minimum absolute atomic E-state index is 0.0566. The molecule has 1 spiro atoms. The van der Waals surface area contributed by atoms with Gasteiger partial charge in [0.2, 0.25) is 0 Å². The molecule has 2 saturated heterocycles. The van der Waals surface area contributed by atoms with E-state index >= 15 is 0 Å². The highest BCUT2D eigenvalue weighted by Gasteiger charge is 2.57. The molecule has 0 aromatic rings. The Morgan fingerprint density at radius 1 is 1.08 bits per heavy atom. The first-order valence-electron chi connectivity index (χ1n) is 10.8. The van der Waals surface area contributed by atoms with Crippen LogP contribution in [0.5, 0.6) is 0 Å². The van der Waals surface area contributed by atoms with E-state index in [0.29, 0.717) is 19.0 Å². The Labute approximate surface area is 159 Å². The number of urea groups is 1. The first-order chi connectivity index (χ1) is 12.5. The van der Waals surface area contributed by atoms with E-state index in [1.807, 2.05) is 11.8 Å². The van der Waals surface area contributed by atoms with Gasteiger partial charge in [0.25, 0.3) is 5.91 Å². The minimum Gasteiger partial charge on any atom is -0.309 e. The molecule has 0 N–H and O–H groups in total. The van der Waals surface area contributed by atoms with Gasteiger partial charge in [0, 0.05) is 32.7 Å². The third kappa shape index (κ3) is 3.78. The number of rotatable bonds is 6. The normalized spacial score (nSPS) is 25.1. The van der Waals surface area contributed by atoms with Crippen molar-refractivity contribution in [1.29, 1.82) is 0 Å². The number of piperidine rings is 1. The fourth-order valence-electron chi connectivity index (χ4n) is 5.08. The molecule has 0 radical (unpaired) electrons. The maximum Gasteiger partial charge on any atom is 0.327 e. The molecular formula is C21H37N3O2. The van der Waals surface area contributed by atoms with Crippen LogP contribution >= 0.6 is 0 Å². The van der Waals surface area contributed by atoms with E-state index in [4.69, 9.17) is 0 Å². The third-order valence-electron chi connectivity index (χ3n) is 6.79. The van der Waals surface area contributed by atoms with Gasteiger partial charge in [0.05, 0.1) is 0 Å². The van der Waals surface area contributed by atoms with E-state index in [1.54, 1.807) is 0 Å². The summed E-state index contributed by atoms with van der Waals surface area (Å²) < 4.78 is 0. The van der Waals surface area contributed by atoms with E-state index in [-0.39, 0.29) is 11.9 Å². The van der Waals surface area contributed by atoms with Gasteiger partial charge in [-0.25, -0.2) is 4.79 Å². The Balaban J connectivity index is 1.66. The lowest BCUT2D eigenvalue weighted by molar-refractivity contribution is -0.135. The van der Waals surface area contributed by atoms with Crippen molar-refractivity contribution in [3.05, 3.63) is 0 Å². The zero-order chi connectivity index (χ0) is 18.7. The molecule has 0 aromatic carbocycles. The first-order valence-corrected chi connectivity index (χ1v) is 10.8. The molecule has 148 valence electrons. The Kier molecular flexibility index (Phi) is 6.26. The van der Waals surface area contributed by atoms with Crippen LogP contribution in [0.15, 0.2) is 0 Å². The van der Waals surface area contributed by atoms with E-state index in [2.05, 4.69) is 18.7 Å². The van der Waals surface area contributed by atoms with Crippen molar-refractivity contribution in [2.24, 2.45) is 11.8 Å². The number of amides is 3. The molecule has 0 aromatic heterocycles. The van der Waals surface area contributed by atoms with Crippen molar-refractivity contribution < 1.29 is 9.59 Å². The maximum absolute atomic E-state index is 13.1. The predicted octanol–water partition coefficient (Wildman–Crippen LogP) is 3.73. The van der Waals surface area contributed by atoms with Gasteiger partial charge in [-0.15, -0.1) is 0 Å². The lowest BCUT2D eigenvalue weighted by Crippen LogP contribution is -2.57. The van der Waals surface area contributed by atoms with Crippen molar-refractivity contribution in [2.45, 2.75) is 77.7 Å². The summed E-state index contributed by atoms with van der Waals surface area (Å²) in [4.78, 5) is 31.9. The largest absolute Gasteiger partial charge is 0.327 e. The predicted molar refractivity (Wildman–Crippen MR) is 104 cm³/mol. The number of likely N-dealkylation sites (tertiary alicyclic amines) is 1. The fraction of sp³-hybridized carbons (Fsp3) is 0.905. The lowest BCUT2D eigenvalue weighted by Gasteiger charge is -2.43. The second-order valence-corrected chi connectivity index (χ2v) is 9.00. The molecule has 2 aliphatic heterocycles. The van der Waals surface area contributed by atoms with Crippen LogP contribution in [0, 0.1) is 11.8 Å². The van der Waals surface area contributed by atoms with Crippen LogP contribution in [-0.2, 0) is 4.79 Å². The van der Waals surface area contributed by atoms with Crippen LogP contribution in [-0.4, -0.2) is 64.9 Å². The van der Waals surface area contributed by atoms with Gasteiger partial charge in [-0.3, -0.25) is 9.69 Å². The average Bonchev–Trinajstić information content (AvgIpc) is 2.82. The van der Waals surface area contributed by atoms with Gasteiger partial charge >= 0.3 is 6.03 Å². The van der Waals surface area contributed by atoms with Gasteiger partial charge in [0.15, 0.2) is 0 Å². The third-order valence-corrected chi connectivity index (χ3v) is 6.79. The first kappa shape index (κ1) is 19.7. The molecule has 3 fully saturated rings. The molecule has 3 aliphatic rings. The van der Waals surface area contributed by atoms with Gasteiger partial charge < -0.3 is 9.80 Å². The number of hydrogen-bond acceptors (Lipinski definition) is 3. The van der Waals surface area contributed by atoms with Crippen molar-refractivity contribution in [1.82, 2.24) is 14.7 Å². The summed E-state index contributed by atoms with van der Waals surface area (Å²) in [5.41, 5.74) is -0.564. The molecule has 0 unspecified atom stereocenters. The van der Waals surface area contributed by atoms with Gasteiger partial charge in [-0.05, 0) is 50.9 Å². The SMILES string of the molecule is CCN1C(=O)N(CCC(C)C)C2(CCN(CC3CCCCC3)CC2)C1=O. The van der Waals surface area contributed by atoms with Crippen molar-refractivity contribution in [2.75, 3.05) is 32.7 Å². The van der Waals surface area contributed by atoms with Crippen LogP contribution in [0.1, 0.15) is 72.1 Å². The molecule has 3 rings (SSSR count). The summed E-state index contributed by atoms with van der Waals surface area (Å²) >= 11 is 0. The van der Waals surface area contributed by atoms with E-state index < -0.39 is 5.54 Å². The molecule has 3 amide bonds. The van der Waals surface area contributed by atoms with Crippen molar-refractivity contribution >= 4 is 11.9 Å². The summed E-state index contributed by atoms with van der Waals surface area (Å²) in [6, 6.07) is -0.0566. The molecule has 0 atom stereocenters. The monoisotopic (exact) mass is 363 g/mol. The summed E-state index contributed by atoms with van der Waals surface area (Å²) in [5.74, 6) is 1.44. The molecular weight excluding hydrogens is 326 g/mol. The molecule has 5 nitrogen and oxygen atoms in total. The van der Waals surface area contributed by atoms with Gasteiger partial charge in [-0.1, -0.05) is 33.1 Å². The Hall–Kier alpha value is -1.10. The number of nitrogens with zero attached hydrogens (tertiary/aromatic N) is 3. The van der Waals surface area contributed by atoms with Crippen LogP contribution in [0.25, 0.3) is 0 Å². The second-order valence-electron chi connectivity index (χ2n) is 9.00. The van der Waals surface area contributed by atoms with Crippen LogP contribution in [0.2, 0.25) is 0 Å². The highest BCUT2D eigenvalue weighted by atomic mass is 16.2. The molecule has 5 heteroatoms. The van der Waals surface area contributed by atoms with Crippen LogP contribution < -0.4 is 0 Å². The Morgan fingerprint density at radius 3 is 2.31 bits per heavy atom. The molecule has 0 bridgehead atoms. The highest BCUT2D eigenvalue weighted by Crippen LogP contribution is 2.38. The van der Waals surface area contributed by atoms with Gasteiger partial charge in [-0.2, -0.15) is 0 Å². The zero-order valence-electron chi connectivity index (χ0n) is 17.0. The average molecular weight is 364 g/mol. The van der Waals surface area contributed by atoms with Crippen LogP contribution in [0.3, 0.4) is 0 Å². The molecule has 2 heterocycles. The zero-order valence-corrected chi connectivity index (χ0v) is 17.0. The number of likely N-dealkylation sites (N-methyl/N-ethyl adjacent to an activating group) is 1. The molecule has 1 saturated carbocycles. The summed E-state index contributed by atoms with van der Waals surface area (Å²) in [5, 5.41) is 0. The Bertz CT molecular complexity index is 505. The molecule has 26 heavy (non-hydrogen) atoms. The lowest BCUT2D eigenvalue weighted by atomic mass is 9.84. The van der Waals surface area contributed by atoms with Gasteiger partial charge in [0.1, 0.15) is 5.54 Å². The smallest absolute Gasteiger partial charge is 0.309 e. The maximum atomic E-state index is 13.1. The quantitative estimate of drug-likeness (QED) is 0.675. The molecule has 1 aliphatic carbocycles. The fourth-order valence-corrected chi connectivity index (χ4v) is 5.08. The number of hydrogen-bond donors (Lipinski definition) is 0. The van der Waals surface area contributed by atoms with Crippen molar-refractivity contribution in [3.63, 3.8) is 0 Å². The van der Waals surface area contributed by atoms with Crippen LogP contribution in [0.4, 0.5) is 4.79 Å². The van der Waals surface area contributed by atoms with E-state index in [1.165, 1.54) is 43.5 Å². The second kappa shape index (κ2) is 8.28.